The van der Waals surface area contributed by atoms with Crippen LogP contribution in [-0.2, 0) is 22.6 Å². The minimum atomic E-state index is -3.29. The van der Waals surface area contributed by atoms with Crippen molar-refractivity contribution in [3.8, 4) is 10.6 Å². The van der Waals surface area contributed by atoms with Gasteiger partial charge in [-0.2, -0.15) is 5.10 Å². The maximum Gasteiger partial charge on any atom is 0.270 e. The Bertz CT molecular complexity index is 994. The maximum atomic E-state index is 12.2. The van der Waals surface area contributed by atoms with Gasteiger partial charge in [0.05, 0.1) is 17.7 Å². The van der Waals surface area contributed by atoms with Gasteiger partial charge in [-0.25, -0.2) is 13.4 Å². The second kappa shape index (κ2) is 7.79. The van der Waals surface area contributed by atoms with Gasteiger partial charge < -0.3 is 5.32 Å². The molecule has 0 aliphatic carbocycles. The van der Waals surface area contributed by atoms with Crippen LogP contribution in [0.5, 0.6) is 0 Å². The SMILES string of the molecule is Cn1cc(-c2nc(C(=O)NCCS(=O)(=O)Cc3ccccc3)cs2)cn1. The van der Waals surface area contributed by atoms with Gasteiger partial charge in [0.25, 0.3) is 5.91 Å². The Balaban J connectivity index is 1.53. The first kappa shape index (κ1) is 18.3. The Morgan fingerprint density at radius 2 is 2.04 bits per heavy atom. The molecule has 0 aliphatic heterocycles. The fourth-order valence-electron chi connectivity index (χ4n) is 2.35. The summed E-state index contributed by atoms with van der Waals surface area (Å²) in [5.74, 6) is -0.537. The zero-order chi connectivity index (χ0) is 18.6. The predicted molar refractivity (Wildman–Crippen MR) is 101 cm³/mol. The van der Waals surface area contributed by atoms with E-state index < -0.39 is 9.84 Å². The van der Waals surface area contributed by atoms with Crippen molar-refractivity contribution in [1.29, 1.82) is 0 Å². The van der Waals surface area contributed by atoms with E-state index >= 15 is 0 Å². The molecular weight excluding hydrogens is 372 g/mol. The average molecular weight is 390 g/mol. The second-order valence-electron chi connectivity index (χ2n) is 5.77. The van der Waals surface area contributed by atoms with Crippen molar-refractivity contribution in [3.05, 3.63) is 59.4 Å². The van der Waals surface area contributed by atoms with Crippen molar-refractivity contribution in [1.82, 2.24) is 20.1 Å². The molecule has 3 rings (SSSR count). The molecule has 2 heterocycles. The topological polar surface area (TPSA) is 94.0 Å². The van der Waals surface area contributed by atoms with Crippen molar-refractivity contribution in [2.24, 2.45) is 7.05 Å². The summed E-state index contributed by atoms with van der Waals surface area (Å²) in [6.45, 7) is 0.0494. The molecule has 0 unspecified atom stereocenters. The first-order valence-corrected chi connectivity index (χ1v) is 10.6. The number of thiazole rings is 1. The number of amides is 1. The van der Waals surface area contributed by atoms with Crippen molar-refractivity contribution < 1.29 is 13.2 Å². The van der Waals surface area contributed by atoms with E-state index in [1.165, 1.54) is 11.3 Å². The van der Waals surface area contributed by atoms with E-state index in [-0.39, 0.29) is 29.7 Å². The van der Waals surface area contributed by atoms with Gasteiger partial charge in [0.15, 0.2) is 9.84 Å². The zero-order valence-corrected chi connectivity index (χ0v) is 15.8. The zero-order valence-electron chi connectivity index (χ0n) is 14.1. The molecule has 26 heavy (non-hydrogen) atoms. The molecule has 0 bridgehead atoms. The molecule has 7 nitrogen and oxygen atoms in total. The predicted octanol–water partition coefficient (Wildman–Crippen LogP) is 1.89. The molecule has 1 amide bonds. The minimum Gasteiger partial charge on any atom is -0.350 e. The molecule has 0 aliphatic rings. The Kier molecular flexibility index (Phi) is 5.48. The monoisotopic (exact) mass is 390 g/mol. The van der Waals surface area contributed by atoms with Crippen molar-refractivity contribution in [2.45, 2.75) is 5.75 Å². The summed E-state index contributed by atoms with van der Waals surface area (Å²) in [6.07, 6.45) is 3.49. The molecule has 0 saturated heterocycles. The lowest BCUT2D eigenvalue weighted by molar-refractivity contribution is 0.0952. The van der Waals surface area contributed by atoms with E-state index in [1.54, 1.807) is 47.6 Å². The molecule has 1 aromatic carbocycles. The van der Waals surface area contributed by atoms with Gasteiger partial charge in [-0.05, 0) is 5.56 Å². The molecule has 2 aromatic heterocycles. The van der Waals surface area contributed by atoms with Crippen LogP contribution in [-0.4, -0.2) is 41.4 Å². The van der Waals surface area contributed by atoms with Crippen LogP contribution >= 0.6 is 11.3 Å². The molecule has 0 saturated carbocycles. The summed E-state index contributed by atoms with van der Waals surface area (Å²) in [7, 11) is -1.48. The number of nitrogens with one attached hydrogen (secondary N) is 1. The minimum absolute atomic E-state index is 0.0361. The van der Waals surface area contributed by atoms with Crippen LogP contribution in [0.2, 0.25) is 0 Å². The summed E-state index contributed by atoms with van der Waals surface area (Å²) in [6, 6.07) is 8.98. The second-order valence-corrected chi connectivity index (χ2v) is 8.82. The number of aromatic nitrogens is 3. The first-order chi connectivity index (χ1) is 12.4. The number of carbonyl (C=O) groups is 1. The van der Waals surface area contributed by atoms with E-state index in [2.05, 4.69) is 15.4 Å². The lowest BCUT2D eigenvalue weighted by Gasteiger charge is -2.05. The van der Waals surface area contributed by atoms with Crippen molar-refractivity contribution in [3.63, 3.8) is 0 Å². The fraction of sp³-hybridized carbons (Fsp3) is 0.235. The van der Waals surface area contributed by atoms with Crippen LogP contribution in [0, 0.1) is 0 Å². The maximum absolute atomic E-state index is 12.2. The Morgan fingerprint density at radius 3 is 2.73 bits per heavy atom. The largest absolute Gasteiger partial charge is 0.350 e. The molecule has 0 spiro atoms. The van der Waals surface area contributed by atoms with E-state index in [1.807, 2.05) is 12.3 Å². The van der Waals surface area contributed by atoms with Gasteiger partial charge in [-0.3, -0.25) is 9.48 Å². The number of hydrogen-bond donors (Lipinski definition) is 1. The number of aryl methyl sites for hydroxylation is 1. The van der Waals surface area contributed by atoms with Gasteiger partial charge in [0.1, 0.15) is 10.7 Å². The summed E-state index contributed by atoms with van der Waals surface area (Å²) < 4.78 is 25.9. The molecule has 136 valence electrons. The highest BCUT2D eigenvalue weighted by atomic mass is 32.2. The van der Waals surface area contributed by atoms with Crippen LogP contribution in [0.4, 0.5) is 0 Å². The van der Waals surface area contributed by atoms with Crippen molar-refractivity contribution >= 4 is 27.1 Å². The Hall–Kier alpha value is -2.52. The summed E-state index contributed by atoms with van der Waals surface area (Å²) in [5.41, 5.74) is 1.84. The standard InChI is InChI=1S/C17H18N4O3S2/c1-21-10-14(9-19-21)17-20-15(11-25-17)16(22)18-7-8-26(23,24)12-13-5-3-2-4-6-13/h2-6,9-11H,7-8,12H2,1H3,(H,18,22). The van der Waals surface area contributed by atoms with Crippen LogP contribution in [0.25, 0.3) is 10.6 Å². The smallest absolute Gasteiger partial charge is 0.270 e. The highest BCUT2D eigenvalue weighted by Gasteiger charge is 2.15. The van der Waals surface area contributed by atoms with Crippen LogP contribution < -0.4 is 5.32 Å². The summed E-state index contributed by atoms with van der Waals surface area (Å²) in [4.78, 5) is 16.4. The third-order valence-electron chi connectivity index (χ3n) is 3.62. The fourth-order valence-corrected chi connectivity index (χ4v) is 4.39. The van der Waals surface area contributed by atoms with Gasteiger partial charge in [0, 0.05) is 30.7 Å². The first-order valence-electron chi connectivity index (χ1n) is 7.90. The van der Waals surface area contributed by atoms with E-state index in [0.29, 0.717) is 5.01 Å². The Labute approximate surface area is 155 Å². The number of nitrogens with zero attached hydrogens (tertiary/aromatic N) is 3. The van der Waals surface area contributed by atoms with Crippen molar-refractivity contribution in [2.75, 3.05) is 12.3 Å². The number of hydrogen-bond acceptors (Lipinski definition) is 6. The van der Waals surface area contributed by atoms with Gasteiger partial charge in [-0.15, -0.1) is 11.3 Å². The normalized spacial score (nSPS) is 11.4. The molecule has 0 fully saturated rings. The van der Waals surface area contributed by atoms with Gasteiger partial charge in [0.2, 0.25) is 0 Å². The Morgan fingerprint density at radius 1 is 1.27 bits per heavy atom. The molecule has 1 N–H and O–H groups in total. The number of rotatable bonds is 7. The third-order valence-corrected chi connectivity index (χ3v) is 6.11. The van der Waals surface area contributed by atoms with E-state index in [9.17, 15) is 13.2 Å². The van der Waals surface area contributed by atoms with Gasteiger partial charge >= 0.3 is 0 Å². The number of benzene rings is 1. The molecule has 0 radical (unpaired) electrons. The quantitative estimate of drug-likeness (QED) is 0.665. The van der Waals surface area contributed by atoms with Crippen LogP contribution in [0.3, 0.4) is 0 Å². The lowest BCUT2D eigenvalue weighted by atomic mass is 10.2. The molecule has 3 aromatic rings. The van der Waals surface area contributed by atoms with Crippen LogP contribution in [0.1, 0.15) is 16.1 Å². The highest BCUT2D eigenvalue weighted by molar-refractivity contribution is 7.90. The summed E-state index contributed by atoms with van der Waals surface area (Å²) >= 11 is 1.34. The van der Waals surface area contributed by atoms with E-state index in [0.717, 1.165) is 11.1 Å². The molecule has 9 heteroatoms. The molecule has 0 atom stereocenters. The lowest BCUT2D eigenvalue weighted by Crippen LogP contribution is -2.29. The van der Waals surface area contributed by atoms with E-state index in [4.69, 9.17) is 0 Å². The van der Waals surface area contributed by atoms with Gasteiger partial charge in [-0.1, -0.05) is 30.3 Å². The third kappa shape index (κ3) is 4.77. The molecular formula is C17H18N4O3S2. The highest BCUT2D eigenvalue weighted by Crippen LogP contribution is 2.22. The summed E-state index contributed by atoms with van der Waals surface area (Å²) in [5, 5.41) is 9.03. The number of sulfone groups is 1. The van der Waals surface area contributed by atoms with Crippen LogP contribution in [0.15, 0.2) is 48.1 Å². The average Bonchev–Trinajstić information content (AvgIpc) is 3.24. The number of carbonyl (C=O) groups excluding carboxylic acids is 1.